The first-order valence-corrected chi connectivity index (χ1v) is 7.30. The van der Waals surface area contributed by atoms with E-state index in [-0.39, 0.29) is 23.8 Å². The fourth-order valence-electron chi connectivity index (χ4n) is 3.35. The summed E-state index contributed by atoms with van der Waals surface area (Å²) in [5.41, 5.74) is 0. The van der Waals surface area contributed by atoms with Crippen LogP contribution in [-0.2, 0) is 4.79 Å². The lowest BCUT2D eigenvalue weighted by molar-refractivity contribution is -0.143. The number of nitrogens with zero attached hydrogens (tertiary/aromatic N) is 4. The van der Waals surface area contributed by atoms with Crippen LogP contribution in [0.4, 0.5) is 0 Å². The van der Waals surface area contributed by atoms with E-state index in [1.165, 1.54) is 6.33 Å². The number of rotatable bonds is 3. The Hall–Kier alpha value is -1.96. The van der Waals surface area contributed by atoms with Gasteiger partial charge in [-0.3, -0.25) is 19.6 Å². The molecule has 3 rings (SSSR count). The fraction of sp³-hybridized carbons (Fsp3) is 0.692. The van der Waals surface area contributed by atoms with Crippen molar-refractivity contribution in [3.05, 3.63) is 12.2 Å². The minimum Gasteiger partial charge on any atom is -0.480 e. The van der Waals surface area contributed by atoms with Gasteiger partial charge in [0.25, 0.3) is 5.91 Å². The number of hydrogen-bond acceptors (Lipinski definition) is 5. The van der Waals surface area contributed by atoms with Crippen LogP contribution < -0.4 is 0 Å². The number of carbonyl (C=O) groups excluding carboxylic acids is 1. The van der Waals surface area contributed by atoms with Gasteiger partial charge in [0, 0.05) is 19.1 Å². The number of carboxylic acid groups (broad SMARTS) is 1. The molecule has 8 nitrogen and oxygen atoms in total. The van der Waals surface area contributed by atoms with E-state index in [9.17, 15) is 14.7 Å². The molecule has 2 fully saturated rings. The summed E-state index contributed by atoms with van der Waals surface area (Å²) in [6.07, 6.45) is 4.61. The Morgan fingerprint density at radius 1 is 1.24 bits per heavy atom. The van der Waals surface area contributed by atoms with E-state index in [0.29, 0.717) is 13.1 Å². The molecule has 1 unspecified atom stereocenters. The number of hydrogen-bond donors (Lipinski definition) is 2. The number of aliphatic carboxylic acids is 1. The molecule has 114 valence electrons. The number of amides is 1. The van der Waals surface area contributed by atoms with E-state index in [1.54, 1.807) is 4.90 Å². The molecule has 2 N–H and O–H groups in total. The summed E-state index contributed by atoms with van der Waals surface area (Å²) in [6.45, 7) is 2.11. The number of aromatic amines is 1. The average Bonchev–Trinajstić information content (AvgIpc) is 3.18. The molecule has 1 aromatic heterocycles. The first kappa shape index (κ1) is 14.0. The highest BCUT2D eigenvalue weighted by molar-refractivity contribution is 5.90. The molecule has 21 heavy (non-hydrogen) atoms. The lowest BCUT2D eigenvalue weighted by atomic mass is 10.0. The number of aromatic nitrogens is 3. The number of nitrogens with one attached hydrogen (secondary N) is 1. The van der Waals surface area contributed by atoms with Gasteiger partial charge >= 0.3 is 5.97 Å². The van der Waals surface area contributed by atoms with Crippen LogP contribution in [0.5, 0.6) is 0 Å². The Balaban J connectivity index is 1.58. The summed E-state index contributed by atoms with van der Waals surface area (Å²) >= 11 is 0. The third-order valence-corrected chi connectivity index (χ3v) is 4.42. The van der Waals surface area contributed by atoms with Crippen LogP contribution >= 0.6 is 0 Å². The highest BCUT2D eigenvalue weighted by Gasteiger charge is 2.37. The zero-order chi connectivity index (χ0) is 14.8. The normalized spacial score (nSPS) is 24.4. The molecular formula is C13H19N5O3. The van der Waals surface area contributed by atoms with E-state index in [1.807, 2.05) is 0 Å². The number of likely N-dealkylation sites (tertiary alicyclic amines) is 2. The molecule has 2 aliphatic heterocycles. The number of carbonyl (C=O) groups is 2. The van der Waals surface area contributed by atoms with Crippen LogP contribution in [0.2, 0.25) is 0 Å². The Morgan fingerprint density at radius 3 is 2.62 bits per heavy atom. The van der Waals surface area contributed by atoms with Crippen molar-refractivity contribution in [2.75, 3.05) is 19.6 Å². The summed E-state index contributed by atoms with van der Waals surface area (Å²) < 4.78 is 0. The highest BCUT2D eigenvalue weighted by Crippen LogP contribution is 2.26. The maximum atomic E-state index is 12.1. The highest BCUT2D eigenvalue weighted by atomic mass is 16.4. The van der Waals surface area contributed by atoms with Gasteiger partial charge in [-0.2, -0.15) is 5.10 Å². The smallest absolute Gasteiger partial charge is 0.320 e. The van der Waals surface area contributed by atoms with Crippen LogP contribution in [0, 0.1) is 0 Å². The molecule has 0 saturated carbocycles. The maximum Gasteiger partial charge on any atom is 0.320 e. The van der Waals surface area contributed by atoms with Crippen molar-refractivity contribution in [1.82, 2.24) is 25.0 Å². The Bertz CT molecular complexity index is 510. The minimum absolute atomic E-state index is 0.137. The number of piperidine rings is 1. The van der Waals surface area contributed by atoms with Crippen LogP contribution in [0.15, 0.2) is 6.33 Å². The summed E-state index contributed by atoms with van der Waals surface area (Å²) in [4.78, 5) is 31.1. The van der Waals surface area contributed by atoms with Gasteiger partial charge in [0.05, 0.1) is 0 Å². The van der Waals surface area contributed by atoms with Crippen LogP contribution in [0.1, 0.15) is 36.3 Å². The largest absolute Gasteiger partial charge is 0.480 e. The molecular weight excluding hydrogens is 274 g/mol. The van der Waals surface area contributed by atoms with Crippen LogP contribution in [-0.4, -0.2) is 73.7 Å². The number of H-pyrrole nitrogens is 1. The number of carboxylic acids is 1. The summed E-state index contributed by atoms with van der Waals surface area (Å²) in [5, 5.41) is 15.5. The predicted octanol–water partition coefficient (Wildman–Crippen LogP) is -0.0417. The molecule has 1 atom stereocenters. The zero-order valence-electron chi connectivity index (χ0n) is 11.7. The topological polar surface area (TPSA) is 102 Å². The summed E-state index contributed by atoms with van der Waals surface area (Å²) in [5.74, 6) is -0.604. The molecule has 1 aromatic rings. The van der Waals surface area contributed by atoms with Gasteiger partial charge in [-0.05, 0) is 32.2 Å². The van der Waals surface area contributed by atoms with Crippen LogP contribution in [0.25, 0.3) is 0 Å². The van der Waals surface area contributed by atoms with Gasteiger partial charge in [-0.1, -0.05) is 0 Å². The van der Waals surface area contributed by atoms with E-state index in [2.05, 4.69) is 20.1 Å². The van der Waals surface area contributed by atoms with Gasteiger partial charge in [0.1, 0.15) is 12.4 Å². The third kappa shape index (κ3) is 2.76. The SMILES string of the molecule is O=C(O)C1CCCN1C1CCN(C(=O)c2ncn[nH]2)CC1. The average molecular weight is 293 g/mol. The molecule has 8 heteroatoms. The molecule has 0 spiro atoms. The van der Waals surface area contributed by atoms with Crippen molar-refractivity contribution in [2.45, 2.75) is 37.8 Å². The monoisotopic (exact) mass is 293 g/mol. The van der Waals surface area contributed by atoms with E-state index in [0.717, 1.165) is 32.2 Å². The van der Waals surface area contributed by atoms with Crippen molar-refractivity contribution >= 4 is 11.9 Å². The van der Waals surface area contributed by atoms with Crippen molar-refractivity contribution in [3.63, 3.8) is 0 Å². The molecule has 1 amide bonds. The molecule has 2 saturated heterocycles. The van der Waals surface area contributed by atoms with Crippen molar-refractivity contribution in [1.29, 1.82) is 0 Å². The molecule has 0 aliphatic carbocycles. The molecule has 2 aliphatic rings. The van der Waals surface area contributed by atoms with Gasteiger partial charge in [0.2, 0.25) is 5.82 Å². The van der Waals surface area contributed by atoms with Crippen molar-refractivity contribution in [2.24, 2.45) is 0 Å². The Labute approximate surface area is 122 Å². The standard InChI is InChI=1S/C13H19N5O3/c19-12(11-14-8-15-16-11)17-6-3-9(4-7-17)18-5-1-2-10(18)13(20)21/h8-10H,1-7H2,(H,20,21)(H,14,15,16). The second kappa shape index (κ2) is 5.80. The fourth-order valence-corrected chi connectivity index (χ4v) is 3.35. The lowest BCUT2D eigenvalue weighted by Crippen LogP contribution is -2.50. The molecule has 0 bridgehead atoms. The quantitative estimate of drug-likeness (QED) is 0.810. The second-order valence-corrected chi connectivity index (χ2v) is 5.59. The van der Waals surface area contributed by atoms with E-state index >= 15 is 0 Å². The Kier molecular flexibility index (Phi) is 3.87. The maximum absolute atomic E-state index is 12.1. The molecule has 3 heterocycles. The van der Waals surface area contributed by atoms with Crippen molar-refractivity contribution < 1.29 is 14.7 Å². The molecule has 0 radical (unpaired) electrons. The van der Waals surface area contributed by atoms with Gasteiger partial charge in [-0.15, -0.1) is 0 Å². The summed E-state index contributed by atoms with van der Waals surface area (Å²) in [6, 6.07) is -0.0982. The third-order valence-electron chi connectivity index (χ3n) is 4.42. The lowest BCUT2D eigenvalue weighted by Gasteiger charge is -2.38. The van der Waals surface area contributed by atoms with Gasteiger partial charge < -0.3 is 10.0 Å². The zero-order valence-corrected chi connectivity index (χ0v) is 11.7. The van der Waals surface area contributed by atoms with E-state index in [4.69, 9.17) is 0 Å². The van der Waals surface area contributed by atoms with Crippen LogP contribution in [0.3, 0.4) is 0 Å². The first-order chi connectivity index (χ1) is 10.2. The Morgan fingerprint density at radius 2 is 2.00 bits per heavy atom. The first-order valence-electron chi connectivity index (χ1n) is 7.30. The van der Waals surface area contributed by atoms with Gasteiger partial charge in [-0.25, -0.2) is 4.98 Å². The minimum atomic E-state index is -0.729. The molecule has 0 aromatic carbocycles. The predicted molar refractivity (Wildman–Crippen MR) is 72.7 cm³/mol. The van der Waals surface area contributed by atoms with Gasteiger partial charge in [0.15, 0.2) is 0 Å². The van der Waals surface area contributed by atoms with Crippen molar-refractivity contribution in [3.8, 4) is 0 Å². The summed E-state index contributed by atoms with van der Waals surface area (Å²) in [7, 11) is 0. The van der Waals surface area contributed by atoms with E-state index < -0.39 is 5.97 Å². The second-order valence-electron chi connectivity index (χ2n) is 5.59.